The van der Waals surface area contributed by atoms with Crippen molar-refractivity contribution < 1.29 is 17.3 Å². The van der Waals surface area contributed by atoms with Crippen LogP contribution in [0.1, 0.15) is 5.56 Å². The molecule has 0 N–H and O–H groups in total. The first-order chi connectivity index (χ1) is 7.46. The number of hydrogen-bond acceptors (Lipinski definition) is 4. The molecule has 1 atom stereocenters. The average Bonchev–Trinajstić information content (AvgIpc) is 2.58. The van der Waals surface area contributed by atoms with Crippen molar-refractivity contribution in [2.45, 2.75) is 12.5 Å². The highest BCUT2D eigenvalue weighted by Gasteiger charge is 2.25. The first kappa shape index (κ1) is 11.9. The lowest BCUT2D eigenvalue weighted by Gasteiger charge is -2.10. The number of halogens is 1. The second-order valence-corrected chi connectivity index (χ2v) is 6.16. The Bertz CT molecular complexity index is 498. The molecular formula is C10H11BrO4S. The molecule has 0 radical (unpaired) electrons. The smallest absolute Gasteiger partial charge is 0.264 e. The lowest BCUT2D eigenvalue weighted by atomic mass is 10.1. The van der Waals surface area contributed by atoms with Crippen LogP contribution in [0.2, 0.25) is 0 Å². The molecule has 1 heterocycles. The summed E-state index contributed by atoms with van der Waals surface area (Å²) in [6, 6.07) is 5.77. The van der Waals surface area contributed by atoms with Crippen molar-refractivity contribution in [1.29, 1.82) is 0 Å². The van der Waals surface area contributed by atoms with Crippen molar-refractivity contribution in [2.75, 3.05) is 12.9 Å². The van der Waals surface area contributed by atoms with E-state index in [0.29, 0.717) is 6.42 Å². The van der Waals surface area contributed by atoms with Gasteiger partial charge in [-0.05, 0) is 27.6 Å². The van der Waals surface area contributed by atoms with E-state index in [1.165, 1.54) is 0 Å². The molecule has 88 valence electrons. The van der Waals surface area contributed by atoms with Crippen molar-refractivity contribution in [3.05, 3.63) is 28.2 Å². The van der Waals surface area contributed by atoms with Gasteiger partial charge in [-0.2, -0.15) is 8.42 Å². The van der Waals surface area contributed by atoms with Crippen LogP contribution in [0.4, 0.5) is 0 Å². The molecule has 4 nitrogen and oxygen atoms in total. The SMILES string of the molecule is CS(=O)(=O)OC[C@H]1Cc2cccc(Br)c2O1. The van der Waals surface area contributed by atoms with Crippen molar-refractivity contribution in [3.8, 4) is 5.75 Å². The Morgan fingerprint density at radius 1 is 1.56 bits per heavy atom. The second kappa shape index (κ2) is 4.35. The number of benzene rings is 1. The molecule has 1 aromatic carbocycles. The molecular weight excluding hydrogens is 296 g/mol. The molecule has 0 saturated heterocycles. The molecule has 1 aliphatic rings. The molecule has 2 rings (SSSR count). The highest BCUT2D eigenvalue weighted by atomic mass is 79.9. The number of hydrogen-bond donors (Lipinski definition) is 0. The van der Waals surface area contributed by atoms with Gasteiger partial charge in [0.2, 0.25) is 0 Å². The normalized spacial score (nSPS) is 19.2. The molecule has 1 aliphatic heterocycles. The quantitative estimate of drug-likeness (QED) is 0.798. The summed E-state index contributed by atoms with van der Waals surface area (Å²) in [4.78, 5) is 0. The van der Waals surface area contributed by atoms with Crippen LogP contribution in [0.15, 0.2) is 22.7 Å². The van der Waals surface area contributed by atoms with Crippen LogP contribution in [0.5, 0.6) is 5.75 Å². The summed E-state index contributed by atoms with van der Waals surface area (Å²) in [7, 11) is -3.40. The van der Waals surface area contributed by atoms with E-state index in [1.54, 1.807) is 0 Å². The molecule has 0 aliphatic carbocycles. The number of para-hydroxylation sites is 1. The van der Waals surface area contributed by atoms with E-state index in [9.17, 15) is 8.42 Å². The molecule has 16 heavy (non-hydrogen) atoms. The fourth-order valence-electron chi connectivity index (χ4n) is 1.59. The summed E-state index contributed by atoms with van der Waals surface area (Å²) in [5, 5.41) is 0. The van der Waals surface area contributed by atoms with Crippen molar-refractivity contribution in [2.24, 2.45) is 0 Å². The zero-order valence-electron chi connectivity index (χ0n) is 8.64. The Labute approximate surface area is 103 Å². The summed E-state index contributed by atoms with van der Waals surface area (Å²) in [6.07, 6.45) is 1.47. The topological polar surface area (TPSA) is 52.6 Å². The van der Waals surface area contributed by atoms with Gasteiger partial charge in [-0.3, -0.25) is 4.18 Å². The minimum atomic E-state index is -3.40. The minimum absolute atomic E-state index is 0.0555. The summed E-state index contributed by atoms with van der Waals surface area (Å²) in [6.45, 7) is 0.0555. The fourth-order valence-corrected chi connectivity index (χ4v) is 2.49. The van der Waals surface area contributed by atoms with Gasteiger partial charge in [-0.1, -0.05) is 12.1 Å². The maximum Gasteiger partial charge on any atom is 0.264 e. The lowest BCUT2D eigenvalue weighted by Crippen LogP contribution is -2.22. The van der Waals surface area contributed by atoms with Gasteiger partial charge in [-0.15, -0.1) is 0 Å². The van der Waals surface area contributed by atoms with E-state index < -0.39 is 10.1 Å². The summed E-state index contributed by atoms with van der Waals surface area (Å²) in [5.41, 5.74) is 1.07. The highest BCUT2D eigenvalue weighted by molar-refractivity contribution is 9.10. The monoisotopic (exact) mass is 306 g/mol. The largest absolute Gasteiger partial charge is 0.486 e. The zero-order valence-corrected chi connectivity index (χ0v) is 11.0. The standard InChI is InChI=1S/C10H11BrO4S/c1-16(12,13)14-6-8-5-7-3-2-4-9(11)10(7)15-8/h2-4,8H,5-6H2,1H3/t8-/m1/s1. The van der Waals surface area contributed by atoms with Crippen LogP contribution in [0.25, 0.3) is 0 Å². The van der Waals surface area contributed by atoms with Crippen LogP contribution in [0, 0.1) is 0 Å². The number of rotatable bonds is 3. The maximum absolute atomic E-state index is 10.8. The molecule has 6 heteroatoms. The molecule has 0 unspecified atom stereocenters. The van der Waals surface area contributed by atoms with Crippen molar-refractivity contribution >= 4 is 26.0 Å². The summed E-state index contributed by atoms with van der Waals surface area (Å²) < 4.78 is 32.9. The molecule has 0 saturated carbocycles. The van der Waals surface area contributed by atoms with Crippen LogP contribution in [-0.2, 0) is 20.7 Å². The molecule has 0 amide bonds. The van der Waals surface area contributed by atoms with Gasteiger partial charge in [0.25, 0.3) is 10.1 Å². The maximum atomic E-state index is 10.8. The lowest BCUT2D eigenvalue weighted by molar-refractivity contribution is 0.152. The Balaban J connectivity index is 2.04. The van der Waals surface area contributed by atoms with E-state index >= 15 is 0 Å². The predicted molar refractivity (Wildman–Crippen MR) is 63.1 cm³/mol. The van der Waals surface area contributed by atoms with Gasteiger partial charge in [0.05, 0.1) is 10.7 Å². The fraction of sp³-hybridized carbons (Fsp3) is 0.400. The Kier molecular flexibility index (Phi) is 3.23. The molecule has 0 spiro atoms. The summed E-state index contributed by atoms with van der Waals surface area (Å²) >= 11 is 3.38. The first-order valence-electron chi connectivity index (χ1n) is 4.74. The van der Waals surface area contributed by atoms with Crippen LogP contribution in [0.3, 0.4) is 0 Å². The van der Waals surface area contributed by atoms with Crippen LogP contribution < -0.4 is 4.74 Å². The zero-order chi connectivity index (χ0) is 11.8. The predicted octanol–water partition coefficient (Wildman–Crippen LogP) is 1.73. The Hall–Kier alpha value is -0.590. The summed E-state index contributed by atoms with van der Waals surface area (Å²) in [5.74, 6) is 0.782. The van der Waals surface area contributed by atoms with E-state index in [4.69, 9.17) is 8.92 Å². The van der Waals surface area contributed by atoms with E-state index in [1.807, 2.05) is 18.2 Å². The van der Waals surface area contributed by atoms with Gasteiger partial charge in [0.1, 0.15) is 18.5 Å². The third kappa shape index (κ3) is 2.75. The van der Waals surface area contributed by atoms with Crippen LogP contribution in [-0.4, -0.2) is 27.4 Å². The minimum Gasteiger partial charge on any atom is -0.486 e. The third-order valence-corrected chi connectivity index (χ3v) is 3.44. The van der Waals surface area contributed by atoms with E-state index in [0.717, 1.165) is 22.0 Å². The Morgan fingerprint density at radius 3 is 2.94 bits per heavy atom. The van der Waals surface area contributed by atoms with Crippen molar-refractivity contribution in [1.82, 2.24) is 0 Å². The van der Waals surface area contributed by atoms with Gasteiger partial charge in [-0.25, -0.2) is 0 Å². The third-order valence-electron chi connectivity index (χ3n) is 2.25. The highest BCUT2D eigenvalue weighted by Crippen LogP contribution is 2.35. The van der Waals surface area contributed by atoms with Gasteiger partial charge in [0, 0.05) is 6.42 Å². The molecule has 0 bridgehead atoms. The van der Waals surface area contributed by atoms with Gasteiger partial charge in [0.15, 0.2) is 0 Å². The number of fused-ring (bicyclic) bond motifs is 1. The van der Waals surface area contributed by atoms with Crippen molar-refractivity contribution in [3.63, 3.8) is 0 Å². The molecule has 0 fully saturated rings. The second-order valence-electron chi connectivity index (χ2n) is 3.66. The van der Waals surface area contributed by atoms with E-state index in [2.05, 4.69) is 15.9 Å². The Morgan fingerprint density at radius 2 is 2.31 bits per heavy atom. The van der Waals surface area contributed by atoms with E-state index in [-0.39, 0.29) is 12.7 Å². The van der Waals surface area contributed by atoms with Gasteiger partial charge < -0.3 is 4.74 Å². The average molecular weight is 307 g/mol. The first-order valence-corrected chi connectivity index (χ1v) is 7.35. The number of ether oxygens (including phenoxy) is 1. The van der Waals surface area contributed by atoms with Crippen LogP contribution >= 0.6 is 15.9 Å². The van der Waals surface area contributed by atoms with Gasteiger partial charge >= 0.3 is 0 Å². The molecule has 1 aromatic rings. The molecule has 0 aromatic heterocycles.